The summed E-state index contributed by atoms with van der Waals surface area (Å²) in [6, 6.07) is 2.08. The first-order chi connectivity index (χ1) is 12.8. The van der Waals surface area contributed by atoms with Crippen LogP contribution in [0.5, 0.6) is 0 Å². The fraction of sp³-hybridized carbons (Fsp3) is 0.353. The van der Waals surface area contributed by atoms with Gasteiger partial charge in [-0.2, -0.15) is 5.10 Å². The minimum Gasteiger partial charge on any atom is -0.350 e. The van der Waals surface area contributed by atoms with Crippen molar-refractivity contribution in [3.8, 4) is 10.7 Å². The molecule has 0 unspecified atom stereocenters. The first-order valence-electron chi connectivity index (χ1n) is 8.52. The molecule has 0 saturated carbocycles. The van der Waals surface area contributed by atoms with Gasteiger partial charge in [0.1, 0.15) is 10.7 Å². The van der Waals surface area contributed by atoms with Crippen molar-refractivity contribution >= 4 is 17.2 Å². The number of nitrogens with one attached hydrogen (secondary N) is 2. The Bertz CT molecular complexity index is 866. The summed E-state index contributed by atoms with van der Waals surface area (Å²) in [4.78, 5) is 24.9. The van der Waals surface area contributed by atoms with Crippen LogP contribution in [-0.2, 0) is 30.8 Å². The number of hydrogen-bond donors (Lipinski definition) is 2. The molecule has 1 aliphatic rings. The van der Waals surface area contributed by atoms with E-state index in [-0.39, 0.29) is 5.91 Å². The van der Waals surface area contributed by atoms with Crippen molar-refractivity contribution in [2.24, 2.45) is 0 Å². The Labute approximate surface area is 154 Å². The molecular weight excluding hydrogens is 350 g/mol. The Hall–Kier alpha value is -2.65. The fourth-order valence-electron chi connectivity index (χ4n) is 2.81. The third-order valence-electron chi connectivity index (χ3n) is 4.13. The van der Waals surface area contributed by atoms with Gasteiger partial charge in [-0.05, 0) is 6.07 Å². The van der Waals surface area contributed by atoms with Crippen LogP contribution in [0, 0.1) is 0 Å². The molecule has 0 spiro atoms. The second-order valence-electron chi connectivity index (χ2n) is 6.04. The van der Waals surface area contributed by atoms with E-state index in [0.717, 1.165) is 41.7 Å². The van der Waals surface area contributed by atoms with Crippen LogP contribution >= 0.6 is 11.3 Å². The van der Waals surface area contributed by atoms with Gasteiger partial charge in [0, 0.05) is 43.7 Å². The Morgan fingerprint density at radius 1 is 1.35 bits per heavy atom. The molecule has 0 fully saturated rings. The van der Waals surface area contributed by atoms with E-state index in [1.807, 2.05) is 10.1 Å². The highest BCUT2D eigenvalue weighted by atomic mass is 32.1. The van der Waals surface area contributed by atoms with Crippen molar-refractivity contribution in [1.82, 2.24) is 35.4 Å². The van der Waals surface area contributed by atoms with Crippen LogP contribution < -0.4 is 10.6 Å². The zero-order valence-electron chi connectivity index (χ0n) is 14.2. The van der Waals surface area contributed by atoms with Crippen LogP contribution in [0.2, 0.25) is 0 Å². The second-order valence-corrected chi connectivity index (χ2v) is 6.90. The van der Waals surface area contributed by atoms with Crippen LogP contribution in [0.3, 0.4) is 0 Å². The number of hydrogen-bond acceptors (Lipinski definition) is 7. The van der Waals surface area contributed by atoms with Gasteiger partial charge in [-0.15, -0.1) is 11.3 Å². The molecule has 9 heteroatoms. The lowest BCUT2D eigenvalue weighted by atomic mass is 10.2. The molecule has 0 aromatic carbocycles. The number of aryl methyl sites for hydroxylation is 1. The third-order valence-corrected chi connectivity index (χ3v) is 5.04. The van der Waals surface area contributed by atoms with E-state index in [4.69, 9.17) is 0 Å². The van der Waals surface area contributed by atoms with Gasteiger partial charge in [0.05, 0.1) is 36.4 Å². The Morgan fingerprint density at radius 2 is 2.31 bits per heavy atom. The van der Waals surface area contributed by atoms with Crippen molar-refractivity contribution in [3.05, 3.63) is 47.1 Å². The average molecular weight is 369 g/mol. The summed E-state index contributed by atoms with van der Waals surface area (Å²) in [5.74, 6) is 0.00292. The van der Waals surface area contributed by atoms with Gasteiger partial charge in [0.25, 0.3) is 0 Å². The molecule has 1 aliphatic heterocycles. The van der Waals surface area contributed by atoms with Crippen molar-refractivity contribution in [3.63, 3.8) is 0 Å². The van der Waals surface area contributed by atoms with Gasteiger partial charge in [0.15, 0.2) is 0 Å². The van der Waals surface area contributed by atoms with Crippen LogP contribution in [0.25, 0.3) is 10.7 Å². The highest BCUT2D eigenvalue weighted by molar-refractivity contribution is 7.13. The average Bonchev–Trinajstić information content (AvgIpc) is 3.32. The van der Waals surface area contributed by atoms with Gasteiger partial charge < -0.3 is 10.6 Å². The number of nitrogens with zero attached hydrogens (tertiary/aromatic N) is 5. The molecule has 0 atom stereocenters. The summed E-state index contributed by atoms with van der Waals surface area (Å²) in [6.45, 7) is 3.09. The minimum absolute atomic E-state index is 0.00292. The van der Waals surface area contributed by atoms with Crippen molar-refractivity contribution in [2.75, 3.05) is 6.54 Å². The summed E-state index contributed by atoms with van der Waals surface area (Å²) in [6.07, 6.45) is 6.02. The SMILES string of the molecule is O=C(CCc1cc2n(n1)CCNC2)NCc1csc(-c2cnccn2)n1. The van der Waals surface area contributed by atoms with Gasteiger partial charge in [-0.3, -0.25) is 19.4 Å². The number of aromatic nitrogens is 5. The van der Waals surface area contributed by atoms with Crippen LogP contribution in [0.1, 0.15) is 23.5 Å². The first-order valence-corrected chi connectivity index (χ1v) is 9.40. The molecule has 26 heavy (non-hydrogen) atoms. The van der Waals surface area contributed by atoms with Crippen molar-refractivity contribution < 1.29 is 4.79 Å². The molecule has 0 saturated heterocycles. The van der Waals surface area contributed by atoms with E-state index in [9.17, 15) is 4.79 Å². The summed E-state index contributed by atoms with van der Waals surface area (Å²) in [5.41, 5.74) is 3.73. The number of rotatable bonds is 6. The second kappa shape index (κ2) is 7.71. The normalized spacial score (nSPS) is 13.4. The Kier molecular flexibility index (Phi) is 4.98. The van der Waals surface area contributed by atoms with Gasteiger partial charge in [-0.25, -0.2) is 4.98 Å². The van der Waals surface area contributed by atoms with Crippen molar-refractivity contribution in [2.45, 2.75) is 32.5 Å². The van der Waals surface area contributed by atoms with Gasteiger partial charge in [-0.1, -0.05) is 0 Å². The molecule has 4 rings (SSSR count). The smallest absolute Gasteiger partial charge is 0.220 e. The quantitative estimate of drug-likeness (QED) is 0.676. The number of thiazole rings is 1. The van der Waals surface area contributed by atoms with Gasteiger partial charge >= 0.3 is 0 Å². The van der Waals surface area contributed by atoms with E-state index in [0.29, 0.717) is 19.4 Å². The van der Waals surface area contributed by atoms with E-state index in [2.05, 4.69) is 36.8 Å². The number of fused-ring (bicyclic) bond motifs is 1. The number of carbonyl (C=O) groups excluding carboxylic acids is 1. The summed E-state index contributed by atoms with van der Waals surface area (Å²) in [7, 11) is 0. The lowest BCUT2D eigenvalue weighted by molar-refractivity contribution is -0.121. The lowest BCUT2D eigenvalue weighted by Crippen LogP contribution is -2.28. The van der Waals surface area contributed by atoms with E-state index in [1.165, 1.54) is 17.0 Å². The lowest BCUT2D eigenvalue weighted by Gasteiger charge is -2.13. The van der Waals surface area contributed by atoms with E-state index < -0.39 is 0 Å². The molecule has 4 heterocycles. The molecular formula is C17H19N7OS. The summed E-state index contributed by atoms with van der Waals surface area (Å²) >= 11 is 1.50. The van der Waals surface area contributed by atoms with E-state index >= 15 is 0 Å². The molecule has 0 bridgehead atoms. The van der Waals surface area contributed by atoms with E-state index in [1.54, 1.807) is 18.6 Å². The molecule has 3 aromatic heterocycles. The molecule has 0 aliphatic carbocycles. The topological polar surface area (TPSA) is 97.6 Å². The Balaban J connectivity index is 1.26. The molecule has 0 radical (unpaired) electrons. The maximum Gasteiger partial charge on any atom is 0.220 e. The molecule has 1 amide bonds. The highest BCUT2D eigenvalue weighted by Gasteiger charge is 2.13. The zero-order chi connectivity index (χ0) is 17.8. The fourth-order valence-corrected chi connectivity index (χ4v) is 3.59. The third kappa shape index (κ3) is 3.94. The highest BCUT2D eigenvalue weighted by Crippen LogP contribution is 2.20. The first kappa shape index (κ1) is 16.8. The maximum absolute atomic E-state index is 12.1. The van der Waals surface area contributed by atoms with Crippen LogP contribution in [0.4, 0.5) is 0 Å². The largest absolute Gasteiger partial charge is 0.350 e. The predicted molar refractivity (Wildman–Crippen MR) is 97.2 cm³/mol. The standard InChI is InChI=1S/C17H19N7OS/c25-16(2-1-12-7-14-9-19-5-6-24(14)23-12)21-8-13-11-26-17(22-13)15-10-18-3-4-20-15/h3-4,7,10-11,19H,1-2,5-6,8-9H2,(H,21,25). The van der Waals surface area contributed by atoms with Crippen molar-refractivity contribution in [1.29, 1.82) is 0 Å². The number of carbonyl (C=O) groups is 1. The summed E-state index contributed by atoms with van der Waals surface area (Å²) in [5, 5.41) is 13.5. The predicted octanol–water partition coefficient (Wildman–Crippen LogP) is 1.15. The zero-order valence-corrected chi connectivity index (χ0v) is 15.0. The molecule has 134 valence electrons. The molecule has 2 N–H and O–H groups in total. The Morgan fingerprint density at radius 3 is 3.15 bits per heavy atom. The minimum atomic E-state index is 0.00292. The number of amides is 1. The molecule has 8 nitrogen and oxygen atoms in total. The molecule has 3 aromatic rings. The van der Waals surface area contributed by atoms with Crippen LogP contribution in [0.15, 0.2) is 30.0 Å². The van der Waals surface area contributed by atoms with Crippen LogP contribution in [-0.4, -0.2) is 37.2 Å². The maximum atomic E-state index is 12.1. The van der Waals surface area contributed by atoms with Gasteiger partial charge in [0.2, 0.25) is 5.91 Å². The summed E-state index contributed by atoms with van der Waals surface area (Å²) < 4.78 is 2.02. The monoisotopic (exact) mass is 369 g/mol.